The normalized spacial score (nSPS) is 27.3. The van der Waals surface area contributed by atoms with Crippen LogP contribution in [0.2, 0.25) is 0 Å². The number of hydrogen-bond donors (Lipinski definition) is 0. The Labute approximate surface area is 103 Å². The first-order valence-electron chi connectivity index (χ1n) is 6.66. The van der Waals surface area contributed by atoms with Crippen molar-refractivity contribution in [2.45, 2.75) is 57.4 Å². The molecule has 0 N–H and O–H groups in total. The van der Waals surface area contributed by atoms with Gasteiger partial charge in [-0.05, 0) is 38.0 Å². The van der Waals surface area contributed by atoms with Gasteiger partial charge in [-0.2, -0.15) is 0 Å². The summed E-state index contributed by atoms with van der Waals surface area (Å²) in [7, 11) is 0. The zero-order chi connectivity index (χ0) is 11.4. The highest BCUT2D eigenvalue weighted by Crippen LogP contribution is 2.29. The van der Waals surface area contributed by atoms with Gasteiger partial charge >= 0.3 is 0 Å². The Kier molecular flexibility index (Phi) is 4.51. The zero-order valence-electron chi connectivity index (χ0n) is 9.96. The maximum Gasteiger partial charge on any atom is 0.223 e. The number of piperidine rings is 1. The van der Waals surface area contributed by atoms with Crippen molar-refractivity contribution >= 4 is 17.5 Å². The fourth-order valence-electron chi connectivity index (χ4n) is 3.07. The van der Waals surface area contributed by atoms with Crippen LogP contribution in [-0.4, -0.2) is 29.3 Å². The van der Waals surface area contributed by atoms with E-state index in [0.29, 0.717) is 23.7 Å². The molecule has 1 saturated carbocycles. The van der Waals surface area contributed by atoms with Gasteiger partial charge in [-0.25, -0.2) is 0 Å². The minimum Gasteiger partial charge on any atom is -0.339 e. The highest BCUT2D eigenvalue weighted by atomic mass is 35.5. The van der Waals surface area contributed by atoms with Crippen molar-refractivity contribution in [2.24, 2.45) is 5.92 Å². The van der Waals surface area contributed by atoms with E-state index >= 15 is 0 Å². The quantitative estimate of drug-likeness (QED) is 0.698. The Morgan fingerprint density at radius 2 is 1.81 bits per heavy atom. The first-order valence-corrected chi connectivity index (χ1v) is 7.20. The lowest BCUT2D eigenvalue weighted by Gasteiger charge is -2.35. The number of carbonyl (C=O) groups is 1. The molecule has 0 spiro atoms. The molecule has 0 radical (unpaired) electrons. The van der Waals surface area contributed by atoms with E-state index < -0.39 is 0 Å². The third-order valence-corrected chi connectivity index (χ3v) is 4.42. The smallest absolute Gasteiger partial charge is 0.223 e. The number of nitrogens with zero attached hydrogens (tertiary/aromatic N) is 1. The van der Waals surface area contributed by atoms with E-state index in [0.717, 1.165) is 25.8 Å². The molecule has 3 heteroatoms. The summed E-state index contributed by atoms with van der Waals surface area (Å²) in [5, 5.41) is 0. The van der Waals surface area contributed by atoms with Crippen LogP contribution >= 0.6 is 11.6 Å². The minimum atomic E-state index is 0.310. The molecule has 1 aliphatic heterocycles. The molecular formula is C13H22ClNO. The van der Waals surface area contributed by atoms with Crippen LogP contribution in [0.15, 0.2) is 0 Å². The van der Waals surface area contributed by atoms with Gasteiger partial charge in [0.15, 0.2) is 0 Å². The van der Waals surface area contributed by atoms with Gasteiger partial charge in [0.2, 0.25) is 5.91 Å². The van der Waals surface area contributed by atoms with Crippen molar-refractivity contribution in [3.8, 4) is 0 Å². The molecule has 0 aromatic rings. The summed E-state index contributed by atoms with van der Waals surface area (Å²) in [6.45, 7) is 0.933. The predicted molar refractivity (Wildman–Crippen MR) is 66.6 cm³/mol. The lowest BCUT2D eigenvalue weighted by atomic mass is 9.99. The average Bonchev–Trinajstić information content (AvgIpc) is 2.81. The van der Waals surface area contributed by atoms with Crippen molar-refractivity contribution in [1.82, 2.24) is 4.90 Å². The Morgan fingerprint density at radius 3 is 2.50 bits per heavy atom. The first-order chi connectivity index (χ1) is 7.81. The molecule has 1 aliphatic carbocycles. The number of likely N-dealkylation sites (tertiary alicyclic amines) is 1. The highest BCUT2D eigenvalue weighted by molar-refractivity contribution is 6.18. The minimum absolute atomic E-state index is 0.310. The molecule has 2 nitrogen and oxygen atoms in total. The number of amides is 1. The van der Waals surface area contributed by atoms with E-state index in [1.807, 2.05) is 0 Å². The molecule has 2 aliphatic rings. The maximum atomic E-state index is 12.2. The van der Waals surface area contributed by atoms with Gasteiger partial charge in [0, 0.05) is 24.9 Å². The second-order valence-electron chi connectivity index (χ2n) is 5.25. The summed E-state index contributed by atoms with van der Waals surface area (Å²) < 4.78 is 0. The van der Waals surface area contributed by atoms with E-state index in [2.05, 4.69) is 4.90 Å². The number of rotatable bonds is 3. The van der Waals surface area contributed by atoms with Crippen LogP contribution in [0.3, 0.4) is 0 Å². The lowest BCUT2D eigenvalue weighted by molar-refractivity contribution is -0.135. The third kappa shape index (κ3) is 2.91. The van der Waals surface area contributed by atoms with Gasteiger partial charge in [0.05, 0.1) is 0 Å². The monoisotopic (exact) mass is 243 g/mol. The number of hydrogen-bond acceptors (Lipinski definition) is 1. The third-order valence-electron chi connectivity index (χ3n) is 4.06. The summed E-state index contributed by atoms with van der Waals surface area (Å²) in [5.74, 6) is 1.62. The van der Waals surface area contributed by atoms with Crippen molar-refractivity contribution < 1.29 is 4.79 Å². The van der Waals surface area contributed by atoms with Crippen LogP contribution in [0.1, 0.15) is 51.4 Å². The zero-order valence-corrected chi connectivity index (χ0v) is 10.7. The van der Waals surface area contributed by atoms with Gasteiger partial charge in [-0.3, -0.25) is 4.79 Å². The van der Waals surface area contributed by atoms with E-state index in [4.69, 9.17) is 11.6 Å². The second kappa shape index (κ2) is 5.90. The average molecular weight is 244 g/mol. The van der Waals surface area contributed by atoms with Gasteiger partial charge in [0.25, 0.3) is 0 Å². The molecule has 1 amide bonds. The molecule has 1 atom stereocenters. The van der Waals surface area contributed by atoms with Gasteiger partial charge < -0.3 is 4.90 Å². The van der Waals surface area contributed by atoms with Crippen LogP contribution in [0.4, 0.5) is 0 Å². The molecule has 0 aromatic carbocycles. The Bertz CT molecular complexity index is 238. The molecule has 2 rings (SSSR count). The van der Waals surface area contributed by atoms with E-state index in [1.54, 1.807) is 0 Å². The summed E-state index contributed by atoms with van der Waals surface area (Å²) in [4.78, 5) is 14.2. The second-order valence-corrected chi connectivity index (χ2v) is 5.55. The van der Waals surface area contributed by atoms with E-state index in [-0.39, 0.29) is 0 Å². The Morgan fingerprint density at radius 1 is 1.12 bits per heavy atom. The topological polar surface area (TPSA) is 20.3 Å². The molecular weight excluding hydrogens is 222 g/mol. The van der Waals surface area contributed by atoms with Crippen molar-refractivity contribution in [3.05, 3.63) is 0 Å². The Hall–Kier alpha value is -0.240. The SMILES string of the molecule is O=C(CC1CCCC1)N1CCCCC1CCl. The summed E-state index contributed by atoms with van der Waals surface area (Å²) in [6, 6.07) is 0.310. The van der Waals surface area contributed by atoms with Gasteiger partial charge in [-0.15, -0.1) is 11.6 Å². The van der Waals surface area contributed by atoms with Crippen LogP contribution < -0.4 is 0 Å². The van der Waals surface area contributed by atoms with E-state index in [9.17, 15) is 4.79 Å². The van der Waals surface area contributed by atoms with Gasteiger partial charge in [-0.1, -0.05) is 12.8 Å². The largest absolute Gasteiger partial charge is 0.339 e. The number of alkyl halides is 1. The standard InChI is InChI=1S/C13H22ClNO/c14-10-12-7-3-4-8-15(12)13(16)9-11-5-1-2-6-11/h11-12H,1-10H2. The first kappa shape index (κ1) is 12.2. The molecule has 1 unspecified atom stereocenters. The molecule has 0 bridgehead atoms. The molecule has 1 heterocycles. The predicted octanol–water partition coefficient (Wildman–Crippen LogP) is 3.19. The van der Waals surface area contributed by atoms with Crippen LogP contribution in [0.25, 0.3) is 0 Å². The number of carbonyl (C=O) groups excluding carboxylic acids is 1. The Balaban J connectivity index is 1.86. The fourth-order valence-corrected chi connectivity index (χ4v) is 3.39. The summed E-state index contributed by atoms with van der Waals surface area (Å²) >= 11 is 5.94. The lowest BCUT2D eigenvalue weighted by Crippen LogP contribution is -2.45. The summed E-state index contributed by atoms with van der Waals surface area (Å²) in [5.41, 5.74) is 0. The van der Waals surface area contributed by atoms with Crippen molar-refractivity contribution in [1.29, 1.82) is 0 Å². The molecule has 2 fully saturated rings. The van der Waals surface area contributed by atoms with Crippen molar-refractivity contribution in [2.75, 3.05) is 12.4 Å². The summed E-state index contributed by atoms with van der Waals surface area (Å²) in [6.07, 6.45) is 9.39. The van der Waals surface area contributed by atoms with Crippen LogP contribution in [0.5, 0.6) is 0 Å². The maximum absolute atomic E-state index is 12.2. The van der Waals surface area contributed by atoms with Crippen molar-refractivity contribution in [3.63, 3.8) is 0 Å². The molecule has 92 valence electrons. The van der Waals surface area contributed by atoms with Gasteiger partial charge in [0.1, 0.15) is 0 Å². The number of halogens is 1. The fraction of sp³-hybridized carbons (Fsp3) is 0.923. The molecule has 0 aromatic heterocycles. The highest BCUT2D eigenvalue weighted by Gasteiger charge is 2.28. The molecule has 16 heavy (non-hydrogen) atoms. The van der Waals surface area contributed by atoms with Crippen LogP contribution in [0, 0.1) is 5.92 Å². The van der Waals surface area contributed by atoms with Crippen LogP contribution in [-0.2, 0) is 4.79 Å². The molecule has 1 saturated heterocycles. The van der Waals surface area contributed by atoms with E-state index in [1.165, 1.54) is 32.1 Å².